The zero-order valence-corrected chi connectivity index (χ0v) is 10.2. The highest BCUT2D eigenvalue weighted by molar-refractivity contribution is 6.32. The van der Waals surface area contributed by atoms with Crippen LogP contribution in [0.4, 0.5) is 0 Å². The van der Waals surface area contributed by atoms with Crippen LogP contribution >= 0.6 is 11.6 Å². The van der Waals surface area contributed by atoms with Gasteiger partial charge < -0.3 is 0 Å². The van der Waals surface area contributed by atoms with E-state index in [4.69, 9.17) is 11.6 Å². The maximum atomic E-state index is 11.1. The molecule has 3 rings (SSSR count). The molecule has 1 fully saturated rings. The van der Waals surface area contributed by atoms with Crippen molar-refractivity contribution in [1.29, 1.82) is 0 Å². The van der Waals surface area contributed by atoms with Gasteiger partial charge >= 0.3 is 0 Å². The summed E-state index contributed by atoms with van der Waals surface area (Å²) in [5.41, 5.74) is 1.84. The van der Waals surface area contributed by atoms with E-state index in [1.807, 2.05) is 17.5 Å². The molecule has 2 aromatic heterocycles. The predicted octanol–water partition coefficient (Wildman–Crippen LogP) is 2.39. The summed E-state index contributed by atoms with van der Waals surface area (Å²) >= 11 is 6.11. The van der Waals surface area contributed by atoms with Crippen LogP contribution < -0.4 is 0 Å². The van der Waals surface area contributed by atoms with Crippen molar-refractivity contribution >= 4 is 22.9 Å². The zero-order chi connectivity index (χ0) is 12.0. The van der Waals surface area contributed by atoms with E-state index < -0.39 is 0 Å². The molecule has 0 atom stereocenters. The molecule has 0 unspecified atom stereocenters. The molecule has 2 aromatic rings. The van der Waals surface area contributed by atoms with Crippen LogP contribution in [0.15, 0.2) is 12.4 Å². The molecule has 0 saturated heterocycles. The molecule has 17 heavy (non-hydrogen) atoms. The van der Waals surface area contributed by atoms with Crippen LogP contribution in [0.2, 0.25) is 5.15 Å². The third kappa shape index (κ3) is 1.55. The first kappa shape index (κ1) is 10.7. The summed E-state index contributed by atoms with van der Waals surface area (Å²) in [5, 5.41) is 0.480. The third-order valence-electron chi connectivity index (χ3n) is 3.26. The molecule has 2 heterocycles. The van der Waals surface area contributed by atoms with Crippen molar-refractivity contribution in [3.05, 3.63) is 29.1 Å². The number of fused-ring (bicyclic) bond motifs is 1. The number of Topliss-reactive ketones (excluding diaryl/α,β-unsaturated/α-hetero) is 1. The van der Waals surface area contributed by atoms with Crippen molar-refractivity contribution in [2.45, 2.75) is 32.1 Å². The van der Waals surface area contributed by atoms with Gasteiger partial charge in [-0.15, -0.1) is 0 Å². The van der Waals surface area contributed by atoms with Gasteiger partial charge in [-0.3, -0.25) is 9.20 Å². The van der Waals surface area contributed by atoms with Gasteiger partial charge in [0.2, 0.25) is 0 Å². The van der Waals surface area contributed by atoms with E-state index in [2.05, 4.69) is 9.97 Å². The van der Waals surface area contributed by atoms with Gasteiger partial charge in [-0.05, 0) is 6.42 Å². The van der Waals surface area contributed by atoms with E-state index in [0.717, 1.165) is 23.5 Å². The minimum atomic E-state index is 0.244. The van der Waals surface area contributed by atoms with E-state index >= 15 is 0 Å². The lowest BCUT2D eigenvalue weighted by atomic mass is 9.83. The Morgan fingerprint density at radius 1 is 1.53 bits per heavy atom. The molecule has 88 valence electrons. The van der Waals surface area contributed by atoms with Gasteiger partial charge in [0, 0.05) is 31.2 Å². The zero-order valence-electron chi connectivity index (χ0n) is 9.48. The summed E-state index contributed by atoms with van der Waals surface area (Å²) in [4.78, 5) is 19.8. The summed E-state index contributed by atoms with van der Waals surface area (Å²) in [6.07, 6.45) is 5.55. The summed E-state index contributed by atoms with van der Waals surface area (Å²) in [6.45, 7) is 2.04. The van der Waals surface area contributed by atoms with Gasteiger partial charge in [0.05, 0.1) is 5.69 Å². The largest absolute Gasteiger partial charge is 0.300 e. The third-order valence-corrected chi connectivity index (χ3v) is 3.53. The number of nitrogens with zero attached hydrogens (tertiary/aromatic N) is 3. The first-order chi connectivity index (χ1) is 8.20. The highest BCUT2D eigenvalue weighted by Crippen LogP contribution is 2.35. The van der Waals surface area contributed by atoms with Crippen LogP contribution in [0, 0.1) is 0 Å². The number of hydrogen-bond donors (Lipinski definition) is 0. The Morgan fingerprint density at radius 3 is 2.94 bits per heavy atom. The van der Waals surface area contributed by atoms with Gasteiger partial charge in [0.15, 0.2) is 5.15 Å². The lowest BCUT2D eigenvalue weighted by Gasteiger charge is -2.22. The maximum Gasteiger partial charge on any atom is 0.154 e. The lowest BCUT2D eigenvalue weighted by Crippen LogP contribution is -2.23. The normalized spacial score (nSPS) is 16.5. The van der Waals surface area contributed by atoms with Crippen LogP contribution in [0.1, 0.15) is 37.2 Å². The fourth-order valence-electron chi connectivity index (χ4n) is 2.30. The molecule has 0 aromatic carbocycles. The van der Waals surface area contributed by atoms with Crippen molar-refractivity contribution in [1.82, 2.24) is 14.4 Å². The Bertz CT molecular complexity index is 597. The molecular formula is C12H12ClN3O. The topological polar surface area (TPSA) is 47.3 Å². The Labute approximate surface area is 104 Å². The second-order valence-corrected chi connectivity index (χ2v) is 4.71. The molecule has 1 saturated carbocycles. The fraction of sp³-hybridized carbons (Fsp3) is 0.417. The minimum Gasteiger partial charge on any atom is -0.300 e. The highest BCUT2D eigenvalue weighted by atomic mass is 35.5. The first-order valence-electron chi connectivity index (χ1n) is 5.73. The molecule has 1 aliphatic carbocycles. The number of halogens is 1. The summed E-state index contributed by atoms with van der Waals surface area (Å²) in [5.74, 6) is 1.50. The quantitative estimate of drug-likeness (QED) is 0.821. The number of aromatic nitrogens is 3. The van der Waals surface area contributed by atoms with Gasteiger partial charge in [-0.2, -0.15) is 0 Å². The van der Waals surface area contributed by atoms with Gasteiger partial charge in [0.1, 0.15) is 17.1 Å². The summed E-state index contributed by atoms with van der Waals surface area (Å²) < 4.78 is 1.98. The minimum absolute atomic E-state index is 0.244. The van der Waals surface area contributed by atoms with Crippen molar-refractivity contribution in [2.24, 2.45) is 0 Å². The molecule has 0 aliphatic heterocycles. The van der Waals surface area contributed by atoms with Gasteiger partial charge in [-0.1, -0.05) is 18.5 Å². The molecule has 0 amide bonds. The standard InChI is InChI=1S/C12H12ClN3O/c1-2-9-10-11(13)14-3-4-16(10)12(15-9)7-5-8(17)6-7/h3-4,7H,2,5-6H2,1H3. The highest BCUT2D eigenvalue weighted by Gasteiger charge is 2.32. The molecule has 5 heteroatoms. The number of aryl methyl sites for hydroxylation is 1. The molecule has 0 bridgehead atoms. The van der Waals surface area contributed by atoms with E-state index in [9.17, 15) is 4.79 Å². The maximum absolute atomic E-state index is 11.1. The molecule has 4 nitrogen and oxygen atoms in total. The number of hydrogen-bond acceptors (Lipinski definition) is 3. The molecule has 0 radical (unpaired) electrons. The predicted molar refractivity (Wildman–Crippen MR) is 64.4 cm³/mol. The van der Waals surface area contributed by atoms with Crippen LogP contribution in [-0.2, 0) is 11.2 Å². The summed E-state index contributed by atoms with van der Waals surface area (Å²) in [6, 6.07) is 0. The second kappa shape index (κ2) is 3.81. The van der Waals surface area contributed by atoms with Crippen LogP contribution in [0.3, 0.4) is 0 Å². The van der Waals surface area contributed by atoms with Crippen molar-refractivity contribution in [3.63, 3.8) is 0 Å². The first-order valence-corrected chi connectivity index (χ1v) is 6.11. The Morgan fingerprint density at radius 2 is 2.29 bits per heavy atom. The average Bonchev–Trinajstić information content (AvgIpc) is 2.65. The van der Waals surface area contributed by atoms with E-state index in [-0.39, 0.29) is 5.92 Å². The second-order valence-electron chi connectivity index (χ2n) is 4.35. The number of carbonyl (C=O) groups excluding carboxylic acids is 1. The van der Waals surface area contributed by atoms with E-state index in [1.165, 1.54) is 0 Å². The SMILES string of the molecule is CCc1nc(C2CC(=O)C2)n2ccnc(Cl)c12. The van der Waals surface area contributed by atoms with Crippen molar-refractivity contribution in [3.8, 4) is 0 Å². The number of ketones is 1. The number of carbonyl (C=O) groups is 1. The molecule has 0 N–H and O–H groups in total. The number of imidazole rings is 1. The monoisotopic (exact) mass is 249 g/mol. The van der Waals surface area contributed by atoms with Crippen LogP contribution in [0.5, 0.6) is 0 Å². The summed E-state index contributed by atoms with van der Waals surface area (Å²) in [7, 11) is 0. The Balaban J connectivity index is 2.19. The van der Waals surface area contributed by atoms with Crippen LogP contribution in [-0.4, -0.2) is 20.2 Å². The number of rotatable bonds is 2. The van der Waals surface area contributed by atoms with E-state index in [0.29, 0.717) is 23.8 Å². The van der Waals surface area contributed by atoms with Crippen LogP contribution in [0.25, 0.3) is 5.52 Å². The van der Waals surface area contributed by atoms with Crippen molar-refractivity contribution < 1.29 is 4.79 Å². The van der Waals surface area contributed by atoms with Gasteiger partial charge in [0.25, 0.3) is 0 Å². The fourth-order valence-corrected chi connectivity index (χ4v) is 2.56. The van der Waals surface area contributed by atoms with E-state index in [1.54, 1.807) is 6.20 Å². The molecular weight excluding hydrogens is 238 g/mol. The molecule has 0 spiro atoms. The smallest absolute Gasteiger partial charge is 0.154 e. The Kier molecular flexibility index (Phi) is 2.40. The van der Waals surface area contributed by atoms with Crippen molar-refractivity contribution in [2.75, 3.05) is 0 Å². The average molecular weight is 250 g/mol. The Hall–Kier alpha value is -1.42. The molecule has 1 aliphatic rings. The van der Waals surface area contributed by atoms with Gasteiger partial charge in [-0.25, -0.2) is 9.97 Å². The lowest BCUT2D eigenvalue weighted by molar-refractivity contribution is -0.124.